The van der Waals surface area contributed by atoms with Crippen LogP contribution in [0.25, 0.3) is 0 Å². The van der Waals surface area contributed by atoms with E-state index in [-0.39, 0.29) is 0 Å². The van der Waals surface area contributed by atoms with Crippen molar-refractivity contribution in [2.75, 3.05) is 7.11 Å². The summed E-state index contributed by atoms with van der Waals surface area (Å²) in [5, 5.41) is 0.418. The van der Waals surface area contributed by atoms with Crippen LogP contribution in [-0.2, 0) is 12.8 Å². The van der Waals surface area contributed by atoms with Crippen molar-refractivity contribution in [1.82, 2.24) is 9.97 Å². The number of halogens is 1. The predicted molar refractivity (Wildman–Crippen MR) is 83.6 cm³/mol. The summed E-state index contributed by atoms with van der Waals surface area (Å²) in [5.41, 5.74) is 1.90. The van der Waals surface area contributed by atoms with Crippen LogP contribution in [-0.4, -0.2) is 17.1 Å². The van der Waals surface area contributed by atoms with Crippen molar-refractivity contribution < 1.29 is 9.47 Å². The standard InChI is InChI=1S/C16H19ClN2O2/c1-5-11-7-8-12(13(9-11)20-4)21-16-10(3)15(17)18-14(6-2)19-16/h7-9H,5-6H2,1-4H3. The molecule has 5 heteroatoms. The zero-order valence-corrected chi connectivity index (χ0v) is 13.5. The Morgan fingerprint density at radius 2 is 1.86 bits per heavy atom. The quantitative estimate of drug-likeness (QED) is 0.770. The van der Waals surface area contributed by atoms with Crippen molar-refractivity contribution in [2.24, 2.45) is 0 Å². The number of methoxy groups -OCH3 is 1. The van der Waals surface area contributed by atoms with E-state index in [0.29, 0.717) is 34.8 Å². The van der Waals surface area contributed by atoms with Gasteiger partial charge in [0.25, 0.3) is 0 Å². The Kier molecular flexibility index (Phi) is 5.02. The summed E-state index contributed by atoms with van der Waals surface area (Å²) in [4.78, 5) is 8.60. The van der Waals surface area contributed by atoms with Gasteiger partial charge < -0.3 is 9.47 Å². The number of aromatic nitrogens is 2. The molecule has 1 aromatic heterocycles. The van der Waals surface area contributed by atoms with E-state index in [0.717, 1.165) is 12.0 Å². The molecule has 0 aliphatic rings. The molecular weight excluding hydrogens is 288 g/mol. The number of rotatable bonds is 5. The number of benzene rings is 1. The van der Waals surface area contributed by atoms with E-state index in [1.54, 1.807) is 7.11 Å². The number of aryl methyl sites for hydroxylation is 2. The van der Waals surface area contributed by atoms with Crippen LogP contribution in [0.1, 0.15) is 30.8 Å². The summed E-state index contributed by atoms with van der Waals surface area (Å²) >= 11 is 6.12. The first kappa shape index (κ1) is 15.6. The summed E-state index contributed by atoms with van der Waals surface area (Å²) in [7, 11) is 1.62. The van der Waals surface area contributed by atoms with Gasteiger partial charge in [-0.1, -0.05) is 31.5 Å². The molecule has 0 aliphatic carbocycles. The first-order valence-electron chi connectivity index (χ1n) is 6.96. The minimum atomic E-state index is 0.418. The van der Waals surface area contributed by atoms with E-state index in [1.165, 1.54) is 5.56 Å². The van der Waals surface area contributed by atoms with Gasteiger partial charge >= 0.3 is 0 Å². The highest BCUT2D eigenvalue weighted by atomic mass is 35.5. The smallest absolute Gasteiger partial charge is 0.227 e. The molecule has 0 saturated carbocycles. The molecule has 112 valence electrons. The average molecular weight is 307 g/mol. The van der Waals surface area contributed by atoms with E-state index >= 15 is 0 Å². The summed E-state index contributed by atoms with van der Waals surface area (Å²) < 4.78 is 11.3. The van der Waals surface area contributed by atoms with E-state index in [1.807, 2.05) is 32.0 Å². The molecule has 0 spiro atoms. The van der Waals surface area contributed by atoms with Crippen LogP contribution in [0, 0.1) is 6.92 Å². The topological polar surface area (TPSA) is 44.2 Å². The van der Waals surface area contributed by atoms with Crippen molar-refractivity contribution in [2.45, 2.75) is 33.6 Å². The third kappa shape index (κ3) is 3.45. The first-order chi connectivity index (χ1) is 10.1. The summed E-state index contributed by atoms with van der Waals surface area (Å²) in [5.74, 6) is 2.43. The van der Waals surface area contributed by atoms with Gasteiger partial charge in [0.1, 0.15) is 11.0 Å². The third-order valence-corrected chi connectivity index (χ3v) is 3.62. The Hall–Kier alpha value is -1.81. The Morgan fingerprint density at radius 3 is 2.48 bits per heavy atom. The van der Waals surface area contributed by atoms with Crippen LogP contribution < -0.4 is 9.47 Å². The SMILES string of the molecule is CCc1ccc(Oc2nc(CC)nc(Cl)c2C)c(OC)c1. The number of hydrogen-bond acceptors (Lipinski definition) is 4. The number of ether oxygens (including phenoxy) is 2. The fourth-order valence-electron chi connectivity index (χ4n) is 1.89. The maximum Gasteiger partial charge on any atom is 0.227 e. The van der Waals surface area contributed by atoms with Gasteiger partial charge in [-0.3, -0.25) is 0 Å². The Morgan fingerprint density at radius 1 is 1.10 bits per heavy atom. The molecule has 0 fully saturated rings. The van der Waals surface area contributed by atoms with Crippen LogP contribution in [0.15, 0.2) is 18.2 Å². The van der Waals surface area contributed by atoms with Gasteiger partial charge in [-0.15, -0.1) is 0 Å². The lowest BCUT2D eigenvalue weighted by molar-refractivity contribution is 0.371. The molecule has 0 bridgehead atoms. The lowest BCUT2D eigenvalue weighted by Crippen LogP contribution is -2.01. The van der Waals surface area contributed by atoms with Crippen LogP contribution in [0.3, 0.4) is 0 Å². The fraction of sp³-hybridized carbons (Fsp3) is 0.375. The molecule has 0 atom stereocenters. The molecule has 2 aromatic rings. The van der Waals surface area contributed by atoms with Gasteiger partial charge in [0.05, 0.1) is 7.11 Å². The zero-order valence-electron chi connectivity index (χ0n) is 12.7. The van der Waals surface area contributed by atoms with Gasteiger partial charge in [-0.25, -0.2) is 4.98 Å². The summed E-state index contributed by atoms with van der Waals surface area (Å²) in [6.45, 7) is 5.91. The highest BCUT2D eigenvalue weighted by molar-refractivity contribution is 6.30. The Bertz CT molecular complexity index is 644. The minimum absolute atomic E-state index is 0.418. The highest BCUT2D eigenvalue weighted by Crippen LogP contribution is 2.34. The second-order valence-electron chi connectivity index (χ2n) is 4.66. The minimum Gasteiger partial charge on any atom is -0.493 e. The van der Waals surface area contributed by atoms with Crippen molar-refractivity contribution >= 4 is 11.6 Å². The van der Waals surface area contributed by atoms with E-state index in [2.05, 4.69) is 16.9 Å². The van der Waals surface area contributed by atoms with Gasteiger partial charge in [0.15, 0.2) is 11.5 Å². The van der Waals surface area contributed by atoms with E-state index < -0.39 is 0 Å². The number of hydrogen-bond donors (Lipinski definition) is 0. The molecule has 0 saturated heterocycles. The molecule has 0 aliphatic heterocycles. The first-order valence-corrected chi connectivity index (χ1v) is 7.34. The lowest BCUT2D eigenvalue weighted by atomic mass is 10.1. The van der Waals surface area contributed by atoms with Gasteiger partial charge in [-0.05, 0) is 31.0 Å². The molecule has 1 aromatic carbocycles. The Balaban J connectivity index is 2.40. The second kappa shape index (κ2) is 6.76. The molecule has 0 N–H and O–H groups in total. The largest absolute Gasteiger partial charge is 0.493 e. The molecule has 0 unspecified atom stereocenters. The fourth-order valence-corrected chi connectivity index (χ4v) is 2.07. The number of nitrogens with zero attached hydrogens (tertiary/aromatic N) is 2. The molecule has 0 amide bonds. The normalized spacial score (nSPS) is 10.5. The molecular formula is C16H19ClN2O2. The van der Waals surface area contributed by atoms with Crippen molar-refractivity contribution in [3.63, 3.8) is 0 Å². The Labute approximate surface area is 130 Å². The van der Waals surface area contributed by atoms with Gasteiger partial charge in [-0.2, -0.15) is 4.98 Å². The van der Waals surface area contributed by atoms with E-state index in [4.69, 9.17) is 21.1 Å². The molecule has 2 rings (SSSR count). The molecule has 4 nitrogen and oxygen atoms in total. The summed E-state index contributed by atoms with van der Waals surface area (Å²) in [6, 6.07) is 5.86. The van der Waals surface area contributed by atoms with Crippen molar-refractivity contribution in [3.8, 4) is 17.4 Å². The maximum absolute atomic E-state index is 6.12. The van der Waals surface area contributed by atoms with Gasteiger partial charge in [0.2, 0.25) is 5.88 Å². The monoisotopic (exact) mass is 306 g/mol. The van der Waals surface area contributed by atoms with Gasteiger partial charge in [0, 0.05) is 12.0 Å². The predicted octanol–water partition coefficient (Wildman–Crippen LogP) is 4.36. The highest BCUT2D eigenvalue weighted by Gasteiger charge is 2.13. The molecule has 1 heterocycles. The zero-order chi connectivity index (χ0) is 15.4. The second-order valence-corrected chi connectivity index (χ2v) is 5.01. The maximum atomic E-state index is 6.12. The molecule has 21 heavy (non-hydrogen) atoms. The van der Waals surface area contributed by atoms with Crippen LogP contribution >= 0.6 is 11.6 Å². The summed E-state index contributed by atoms with van der Waals surface area (Å²) in [6.07, 6.45) is 1.64. The molecule has 0 radical (unpaired) electrons. The average Bonchev–Trinajstić information content (AvgIpc) is 2.51. The van der Waals surface area contributed by atoms with E-state index in [9.17, 15) is 0 Å². The van der Waals surface area contributed by atoms with Crippen molar-refractivity contribution in [1.29, 1.82) is 0 Å². The van der Waals surface area contributed by atoms with Crippen LogP contribution in [0.5, 0.6) is 17.4 Å². The lowest BCUT2D eigenvalue weighted by Gasteiger charge is -2.13. The third-order valence-electron chi connectivity index (χ3n) is 3.25. The van der Waals surface area contributed by atoms with Crippen LogP contribution in [0.2, 0.25) is 5.15 Å². The van der Waals surface area contributed by atoms with Crippen LogP contribution in [0.4, 0.5) is 0 Å². The van der Waals surface area contributed by atoms with Crippen molar-refractivity contribution in [3.05, 3.63) is 40.3 Å².